The van der Waals surface area contributed by atoms with E-state index in [1.54, 1.807) is 0 Å². The van der Waals surface area contributed by atoms with E-state index in [0.717, 1.165) is 10.5 Å². The largest absolute Gasteiger partial charge is 0.308 e. The van der Waals surface area contributed by atoms with E-state index in [2.05, 4.69) is 35.2 Å². The molecule has 0 aromatic heterocycles. The highest BCUT2D eigenvalue weighted by molar-refractivity contribution is 6.17. The third-order valence-electron chi connectivity index (χ3n) is 4.41. The molecule has 3 aliphatic heterocycles. The van der Waals surface area contributed by atoms with Crippen LogP contribution in [-0.2, 0) is 6.42 Å². The average molecular weight is 252 g/mol. The van der Waals surface area contributed by atoms with Crippen molar-refractivity contribution in [3.8, 4) is 0 Å². The van der Waals surface area contributed by atoms with Crippen LogP contribution in [0.5, 0.6) is 0 Å². The Morgan fingerprint density at radius 3 is 2.53 bits per heavy atom. The fourth-order valence-corrected chi connectivity index (χ4v) is 3.60. The Balaban J connectivity index is 1.72. The van der Waals surface area contributed by atoms with Crippen LogP contribution < -0.4 is 0 Å². The first-order valence-electron chi connectivity index (χ1n) is 6.50. The van der Waals surface area contributed by atoms with E-state index in [1.807, 2.05) is 0 Å². The van der Waals surface area contributed by atoms with Crippen LogP contribution in [0.15, 0.2) is 30.3 Å². The molecule has 92 valence electrons. The molecule has 0 unspecified atom stereocenters. The van der Waals surface area contributed by atoms with E-state index in [4.69, 9.17) is 11.6 Å². The minimum atomic E-state index is 0.693. The van der Waals surface area contributed by atoms with Crippen LogP contribution in [0.1, 0.15) is 5.56 Å². The summed E-state index contributed by atoms with van der Waals surface area (Å²) >= 11 is 6.18. The zero-order valence-corrected chi connectivity index (χ0v) is 10.9. The van der Waals surface area contributed by atoms with E-state index in [1.165, 1.54) is 44.7 Å². The molecule has 4 rings (SSSR count). The molecule has 1 atom stereocenters. The van der Waals surface area contributed by atoms with Crippen LogP contribution in [0.4, 0.5) is 0 Å². The maximum Gasteiger partial charge on any atom is 0.155 e. The molecular weight excluding hydrogens is 232 g/mol. The lowest BCUT2D eigenvalue weighted by Crippen LogP contribution is -2.70. The molecule has 3 saturated heterocycles. The SMILES string of the molecule is ClC[N+]12CCN(CC1)[C@@H](Cc1ccccc1)C2. The van der Waals surface area contributed by atoms with Crippen molar-refractivity contribution in [2.75, 3.05) is 38.7 Å². The number of quaternary nitrogens is 1. The molecule has 3 heteroatoms. The van der Waals surface area contributed by atoms with E-state index in [9.17, 15) is 0 Å². The van der Waals surface area contributed by atoms with Crippen molar-refractivity contribution in [2.45, 2.75) is 12.5 Å². The third-order valence-corrected chi connectivity index (χ3v) is 4.91. The normalized spacial score (nSPS) is 36.1. The summed E-state index contributed by atoms with van der Waals surface area (Å²) in [4.78, 5) is 2.65. The number of hydrogen-bond acceptors (Lipinski definition) is 1. The first-order valence-corrected chi connectivity index (χ1v) is 7.04. The van der Waals surface area contributed by atoms with Crippen molar-refractivity contribution >= 4 is 11.6 Å². The second kappa shape index (κ2) is 4.60. The lowest BCUT2D eigenvalue weighted by atomic mass is 9.98. The van der Waals surface area contributed by atoms with Crippen molar-refractivity contribution in [3.63, 3.8) is 0 Å². The summed E-state index contributed by atoms with van der Waals surface area (Å²) in [6.45, 7) is 6.18. The molecule has 1 aromatic rings. The van der Waals surface area contributed by atoms with Gasteiger partial charge in [-0.2, -0.15) is 0 Å². The van der Waals surface area contributed by atoms with Gasteiger partial charge in [-0.1, -0.05) is 41.9 Å². The van der Waals surface area contributed by atoms with Gasteiger partial charge in [0, 0.05) is 13.1 Å². The number of nitrogens with zero attached hydrogens (tertiary/aromatic N) is 2. The Morgan fingerprint density at radius 1 is 1.18 bits per heavy atom. The molecule has 0 saturated carbocycles. The van der Waals surface area contributed by atoms with Gasteiger partial charge in [-0.3, -0.25) is 4.90 Å². The summed E-state index contributed by atoms with van der Waals surface area (Å²) < 4.78 is 1.13. The van der Waals surface area contributed by atoms with Crippen LogP contribution in [0.25, 0.3) is 0 Å². The van der Waals surface area contributed by atoms with Crippen molar-refractivity contribution in [1.82, 2.24) is 4.90 Å². The van der Waals surface area contributed by atoms with Gasteiger partial charge in [0.15, 0.2) is 6.00 Å². The van der Waals surface area contributed by atoms with Gasteiger partial charge in [0.05, 0.1) is 25.7 Å². The van der Waals surface area contributed by atoms with Crippen LogP contribution in [-0.4, -0.2) is 54.2 Å². The van der Waals surface area contributed by atoms with Gasteiger partial charge >= 0.3 is 0 Å². The summed E-state index contributed by atoms with van der Waals surface area (Å²) in [7, 11) is 0. The Hall–Kier alpha value is -0.570. The smallest absolute Gasteiger partial charge is 0.155 e. The highest BCUT2D eigenvalue weighted by Crippen LogP contribution is 2.26. The van der Waals surface area contributed by atoms with Crippen molar-refractivity contribution in [2.24, 2.45) is 0 Å². The predicted octanol–water partition coefficient (Wildman–Crippen LogP) is 1.94. The van der Waals surface area contributed by atoms with Crippen molar-refractivity contribution in [3.05, 3.63) is 35.9 Å². The van der Waals surface area contributed by atoms with Crippen LogP contribution >= 0.6 is 11.6 Å². The minimum Gasteiger partial charge on any atom is -0.308 e. The maximum absolute atomic E-state index is 6.18. The zero-order chi connectivity index (χ0) is 11.7. The molecule has 2 nitrogen and oxygen atoms in total. The number of rotatable bonds is 3. The lowest BCUT2D eigenvalue weighted by Gasteiger charge is -2.53. The molecule has 17 heavy (non-hydrogen) atoms. The van der Waals surface area contributed by atoms with Gasteiger partial charge < -0.3 is 4.48 Å². The molecule has 3 heterocycles. The highest BCUT2D eigenvalue weighted by atomic mass is 35.5. The second-order valence-corrected chi connectivity index (χ2v) is 5.71. The van der Waals surface area contributed by atoms with Crippen LogP contribution in [0, 0.1) is 0 Å². The quantitative estimate of drug-likeness (QED) is 0.451. The van der Waals surface area contributed by atoms with Gasteiger partial charge in [0.1, 0.15) is 0 Å². The maximum atomic E-state index is 6.18. The monoisotopic (exact) mass is 251 g/mol. The molecule has 1 aromatic carbocycles. The van der Waals surface area contributed by atoms with Gasteiger partial charge in [0.25, 0.3) is 0 Å². The van der Waals surface area contributed by atoms with E-state index >= 15 is 0 Å². The number of fused-ring (bicyclic) bond motifs is 3. The summed E-state index contributed by atoms with van der Waals surface area (Å²) in [5.41, 5.74) is 1.46. The van der Waals surface area contributed by atoms with Gasteiger partial charge in [-0.05, 0) is 12.0 Å². The standard InChI is InChI=1S/C14H20ClN2/c15-12-17-8-6-16(7-9-17)14(11-17)10-13-4-2-1-3-5-13/h1-5,14H,6-12H2/q+1/t14-/m0/s1. The Bertz CT molecular complexity index is 371. The van der Waals surface area contributed by atoms with Crippen molar-refractivity contribution < 1.29 is 4.48 Å². The number of halogens is 1. The van der Waals surface area contributed by atoms with Gasteiger partial charge in [0.2, 0.25) is 0 Å². The van der Waals surface area contributed by atoms with Crippen molar-refractivity contribution in [1.29, 1.82) is 0 Å². The summed E-state index contributed by atoms with van der Waals surface area (Å²) in [6.07, 6.45) is 1.18. The van der Waals surface area contributed by atoms with E-state index in [-0.39, 0.29) is 0 Å². The number of piperazine rings is 3. The Morgan fingerprint density at radius 2 is 1.88 bits per heavy atom. The van der Waals surface area contributed by atoms with Crippen LogP contribution in [0.2, 0.25) is 0 Å². The first-order chi connectivity index (χ1) is 8.31. The zero-order valence-electron chi connectivity index (χ0n) is 10.2. The first kappa shape index (κ1) is 11.5. The minimum absolute atomic E-state index is 0.693. The fourth-order valence-electron chi connectivity index (χ4n) is 3.26. The number of hydrogen-bond donors (Lipinski definition) is 0. The summed E-state index contributed by atoms with van der Waals surface area (Å²) in [6, 6.07) is 12.3. The molecular formula is C14H20ClN2+. The molecule has 3 aliphatic rings. The van der Waals surface area contributed by atoms with E-state index in [0.29, 0.717) is 6.04 Å². The number of benzene rings is 1. The molecule has 0 amide bonds. The Kier molecular flexibility index (Phi) is 3.12. The van der Waals surface area contributed by atoms with Gasteiger partial charge in [-0.25, -0.2) is 0 Å². The van der Waals surface area contributed by atoms with E-state index < -0.39 is 0 Å². The molecule has 0 aliphatic carbocycles. The Labute approximate surface area is 108 Å². The topological polar surface area (TPSA) is 3.24 Å². The second-order valence-electron chi connectivity index (χ2n) is 5.47. The lowest BCUT2D eigenvalue weighted by molar-refractivity contribution is -0.934. The molecule has 0 N–H and O–H groups in total. The molecule has 2 bridgehead atoms. The molecule has 3 fully saturated rings. The third kappa shape index (κ3) is 2.22. The number of alkyl halides is 1. The van der Waals surface area contributed by atoms with Crippen LogP contribution in [0.3, 0.4) is 0 Å². The summed E-state index contributed by atoms with van der Waals surface area (Å²) in [5, 5.41) is 0. The summed E-state index contributed by atoms with van der Waals surface area (Å²) in [5.74, 6) is 0. The fraction of sp³-hybridized carbons (Fsp3) is 0.571. The predicted molar refractivity (Wildman–Crippen MR) is 71.1 cm³/mol. The molecule has 0 radical (unpaired) electrons. The average Bonchev–Trinajstić information content (AvgIpc) is 2.41. The van der Waals surface area contributed by atoms with Gasteiger partial charge in [-0.15, -0.1) is 0 Å². The highest BCUT2D eigenvalue weighted by Gasteiger charge is 2.43. The molecule has 0 spiro atoms.